The molecule has 0 amide bonds. The smallest absolute Gasteiger partial charge is 0.168 e. The van der Waals surface area contributed by atoms with Crippen LogP contribution in [0.25, 0.3) is 74.3 Å². The quantitative estimate of drug-likeness (QED) is 0.0531. The molecule has 0 aliphatic carbocycles. The zero-order valence-electron chi connectivity index (χ0n) is 63.3. The molecule has 16 aromatic rings. The molecule has 0 N–H and O–H groups in total. The molecule has 109 heavy (non-hydrogen) atoms. The highest BCUT2D eigenvalue weighted by Crippen LogP contribution is 2.44. The molecule has 0 saturated heterocycles. The summed E-state index contributed by atoms with van der Waals surface area (Å²) in [5.74, 6) is 1.52. The average Bonchev–Trinajstić information content (AvgIpc) is 1.70. The Hall–Kier alpha value is -13.0. The molecule has 0 bridgehead atoms. The number of anilines is 6. The maximum Gasteiger partial charge on any atom is 0.168 e. The van der Waals surface area contributed by atoms with Gasteiger partial charge in [0.25, 0.3) is 0 Å². The van der Waals surface area contributed by atoms with Gasteiger partial charge < -0.3 is 9.80 Å². The minimum atomic E-state index is -0.160. The van der Waals surface area contributed by atoms with Crippen molar-refractivity contribution >= 4 is 80.0 Å². The lowest BCUT2D eigenvalue weighted by Crippen LogP contribution is -2.19. The molecule has 1 heterocycles. The van der Waals surface area contributed by atoms with E-state index in [4.69, 9.17) is 10.2 Å². The lowest BCUT2D eigenvalue weighted by molar-refractivity contribution is 0.640. The highest BCUT2D eigenvalue weighted by atomic mass is 15.3. The van der Waals surface area contributed by atoms with Crippen LogP contribution in [0, 0.1) is 0 Å². The summed E-state index contributed by atoms with van der Waals surface area (Å²) in [7, 11) is 0. The molecule has 16 rings (SSSR count). The highest BCUT2D eigenvalue weighted by molar-refractivity contribution is 6.08. The molecule has 1 aromatic heterocycles. The molecule has 530 valence electrons. The number of hydrogen-bond donors (Lipinski definition) is 0. The molecule has 0 atom stereocenters. The summed E-state index contributed by atoms with van der Waals surface area (Å²) in [6.07, 6.45) is 8.76. The molecule has 5 nitrogen and oxygen atoms in total. The number of rotatable bonds is 21. The van der Waals surface area contributed by atoms with Crippen LogP contribution in [0.4, 0.5) is 34.1 Å². The van der Waals surface area contributed by atoms with Gasteiger partial charge in [0.15, 0.2) is 11.6 Å². The van der Waals surface area contributed by atoms with Gasteiger partial charge in [0.2, 0.25) is 0 Å². The van der Waals surface area contributed by atoms with E-state index < -0.39 is 0 Å². The summed E-state index contributed by atoms with van der Waals surface area (Å²) in [6, 6.07) is 134. The van der Waals surface area contributed by atoms with E-state index in [0.717, 1.165) is 106 Å². The molecule has 0 spiro atoms. The molecule has 0 fully saturated rings. The van der Waals surface area contributed by atoms with Gasteiger partial charge in [-0.05, 0) is 156 Å². The zero-order chi connectivity index (χ0) is 74.7. The Morgan fingerprint density at radius 1 is 0.229 bits per heavy atom. The second-order valence-electron chi connectivity index (χ2n) is 30.8. The van der Waals surface area contributed by atoms with Crippen LogP contribution in [-0.4, -0.2) is 14.8 Å². The molecular weight excluding hydrogens is 1320 g/mol. The van der Waals surface area contributed by atoms with E-state index in [1.54, 1.807) is 0 Å². The fraction of sp³-hybridized carbons (Fsp3) is 0.115. The van der Waals surface area contributed by atoms with Gasteiger partial charge in [-0.2, -0.15) is 0 Å². The van der Waals surface area contributed by atoms with E-state index in [2.05, 4.69) is 464 Å². The van der Waals surface area contributed by atoms with Gasteiger partial charge in [-0.3, -0.25) is 4.57 Å². The molecule has 0 unspecified atom stereocenters. The third kappa shape index (κ3) is 14.3. The monoisotopic (exact) mass is 1410 g/mol. The molecular formula is C104H89N5. The summed E-state index contributed by atoms with van der Waals surface area (Å²) in [4.78, 5) is 4.72. The Bertz CT molecular complexity index is 5310. The predicted molar refractivity (Wildman–Crippen MR) is 462 cm³/mol. The van der Waals surface area contributed by atoms with Crippen molar-refractivity contribution in [1.82, 2.24) is 14.8 Å². The Labute approximate surface area is 642 Å². The lowest BCUT2D eigenvalue weighted by Gasteiger charge is -2.30. The normalized spacial score (nSPS) is 12.1. The van der Waals surface area contributed by atoms with Gasteiger partial charge in [-0.25, -0.2) is 0 Å². The van der Waals surface area contributed by atoms with Crippen LogP contribution in [0.5, 0.6) is 0 Å². The fourth-order valence-electron chi connectivity index (χ4n) is 15.5. The minimum Gasteiger partial charge on any atom is -0.311 e. The van der Waals surface area contributed by atoms with Crippen LogP contribution in [0.2, 0.25) is 0 Å². The number of nitrogens with zero attached hydrogens (tertiary/aromatic N) is 5. The Kier molecular flexibility index (Phi) is 19.2. The van der Waals surface area contributed by atoms with Crippen molar-refractivity contribution in [2.45, 2.75) is 77.0 Å². The summed E-state index contributed by atoms with van der Waals surface area (Å²) >= 11 is 0. The van der Waals surface area contributed by atoms with Crippen molar-refractivity contribution in [1.29, 1.82) is 0 Å². The van der Waals surface area contributed by atoms with Crippen LogP contribution in [-0.2, 0) is 21.7 Å². The standard InChI is InChI=1S/C104H89N5/c1-101(2,82-27-13-9-14-28-82)86-53-65-92(66-54-86)107(93-67-55-87(56-68-93)102(3,4)83-29-15-10-16-30-83)90-61-45-76(46-62-90)39-37-74-41-49-78(50-42-74)99-105-106-100(109(99)98-96-35-23-21-25-80(96)73-81-26-22-24-36-97(81)98)79-51-43-75(44-52-79)38-40-77-47-63-91(64-48-77)108(94-69-57-88(58-70-94)103(5,6)84-31-17-11-18-32-84)95-71-59-89(60-72-95)104(7,8)85-33-19-12-20-34-85/h9-73H,1-8H3. The first-order valence-electron chi connectivity index (χ1n) is 37.9. The maximum atomic E-state index is 5.08. The summed E-state index contributed by atoms with van der Waals surface area (Å²) in [6.45, 7) is 18.4. The summed E-state index contributed by atoms with van der Waals surface area (Å²) in [5, 5.41) is 14.7. The van der Waals surface area contributed by atoms with Crippen molar-refractivity contribution in [2.24, 2.45) is 0 Å². The van der Waals surface area contributed by atoms with Gasteiger partial charge in [0, 0.05) is 77.7 Å². The van der Waals surface area contributed by atoms with Crippen molar-refractivity contribution < 1.29 is 0 Å². The Morgan fingerprint density at radius 3 is 0.697 bits per heavy atom. The largest absolute Gasteiger partial charge is 0.311 e. The van der Waals surface area contributed by atoms with Crippen LogP contribution in [0.3, 0.4) is 0 Å². The van der Waals surface area contributed by atoms with Gasteiger partial charge in [0.1, 0.15) is 0 Å². The van der Waals surface area contributed by atoms with Gasteiger partial charge in [0.05, 0.1) is 5.69 Å². The van der Waals surface area contributed by atoms with E-state index in [9.17, 15) is 0 Å². The van der Waals surface area contributed by atoms with Crippen molar-refractivity contribution in [3.63, 3.8) is 0 Å². The van der Waals surface area contributed by atoms with E-state index in [1.165, 1.54) is 44.5 Å². The molecule has 0 aliphatic heterocycles. The van der Waals surface area contributed by atoms with E-state index in [1.807, 2.05) is 0 Å². The van der Waals surface area contributed by atoms with Crippen molar-refractivity contribution in [3.05, 3.63) is 437 Å². The number of aromatic nitrogens is 3. The van der Waals surface area contributed by atoms with E-state index in [-0.39, 0.29) is 21.7 Å². The Balaban J connectivity index is 0.671. The molecule has 0 radical (unpaired) electrons. The van der Waals surface area contributed by atoms with Gasteiger partial charge >= 0.3 is 0 Å². The van der Waals surface area contributed by atoms with Crippen LogP contribution in [0.15, 0.2) is 370 Å². The minimum absolute atomic E-state index is 0.160. The number of hydrogen-bond acceptors (Lipinski definition) is 4. The van der Waals surface area contributed by atoms with Gasteiger partial charge in [-0.1, -0.05) is 371 Å². The zero-order valence-corrected chi connectivity index (χ0v) is 63.3. The Morgan fingerprint density at radius 2 is 0.440 bits per heavy atom. The number of benzene rings is 15. The van der Waals surface area contributed by atoms with Crippen LogP contribution >= 0.6 is 0 Å². The van der Waals surface area contributed by atoms with Crippen molar-refractivity contribution in [3.8, 4) is 28.5 Å². The lowest BCUT2D eigenvalue weighted by atomic mass is 9.78. The topological polar surface area (TPSA) is 37.2 Å². The molecule has 5 heteroatoms. The fourth-order valence-corrected chi connectivity index (χ4v) is 15.5. The SMILES string of the molecule is CC(C)(c1ccccc1)c1ccc(N(c2ccc(C=Cc3ccc(-c4nnc(-c5ccc(C=Cc6ccc(N(c7ccc(C(C)(C)c8ccccc8)cc7)c7ccc(C(C)(C)c8ccccc8)cc7)cc6)cc5)n4-c4c5ccccc5cc5ccccc45)cc3)cc2)c2ccc(C(C)(C)c3ccccc3)cc2)cc1. The number of fused-ring (bicyclic) bond motifs is 2. The summed E-state index contributed by atoms with van der Waals surface area (Å²) < 4.78 is 2.27. The highest BCUT2D eigenvalue weighted by Gasteiger charge is 2.29. The van der Waals surface area contributed by atoms with E-state index in [0.29, 0.717) is 0 Å². The van der Waals surface area contributed by atoms with Crippen LogP contribution in [0.1, 0.15) is 122 Å². The predicted octanol–water partition coefficient (Wildman–Crippen LogP) is 27.5. The first-order chi connectivity index (χ1) is 53.0. The second-order valence-corrected chi connectivity index (χ2v) is 30.8. The van der Waals surface area contributed by atoms with E-state index >= 15 is 0 Å². The van der Waals surface area contributed by atoms with Crippen LogP contribution < -0.4 is 9.80 Å². The third-order valence-electron chi connectivity index (χ3n) is 22.6. The molecule has 15 aromatic carbocycles. The molecule has 0 saturated carbocycles. The first-order valence-corrected chi connectivity index (χ1v) is 37.9. The maximum absolute atomic E-state index is 5.08. The second kappa shape index (κ2) is 29.8. The average molecular weight is 1410 g/mol. The van der Waals surface area contributed by atoms with Gasteiger partial charge in [-0.15, -0.1) is 10.2 Å². The summed E-state index contributed by atoms with van der Waals surface area (Å²) in [5.41, 5.74) is 23.4. The van der Waals surface area contributed by atoms with Crippen molar-refractivity contribution in [2.75, 3.05) is 9.80 Å². The first kappa shape index (κ1) is 70.4. The molecule has 0 aliphatic rings. The third-order valence-corrected chi connectivity index (χ3v) is 22.6.